The summed E-state index contributed by atoms with van der Waals surface area (Å²) in [5.74, 6) is 1.26. The maximum absolute atomic E-state index is 12.7. The molecule has 0 bridgehead atoms. The topological polar surface area (TPSA) is 46.3 Å². The van der Waals surface area contributed by atoms with Gasteiger partial charge in [-0.3, -0.25) is 4.79 Å². The number of amides is 1. The van der Waals surface area contributed by atoms with Gasteiger partial charge in [0.05, 0.1) is 0 Å². The van der Waals surface area contributed by atoms with Crippen molar-refractivity contribution in [2.24, 2.45) is 11.7 Å². The minimum atomic E-state index is -0.222. The molecular formula is C22H28N2O. The first-order valence-corrected chi connectivity index (χ1v) is 9.32. The lowest BCUT2D eigenvalue weighted by Crippen LogP contribution is -2.43. The van der Waals surface area contributed by atoms with Crippen LogP contribution in [0, 0.1) is 5.92 Å². The molecule has 1 fully saturated rings. The van der Waals surface area contributed by atoms with E-state index in [1.165, 1.54) is 5.56 Å². The number of nitrogens with two attached hydrogens (primary N) is 1. The molecule has 0 spiro atoms. The second-order valence-corrected chi connectivity index (χ2v) is 7.04. The maximum Gasteiger partial charge on any atom is 0.224 e. The second-order valence-electron chi connectivity index (χ2n) is 7.04. The smallest absolute Gasteiger partial charge is 0.224 e. The zero-order valence-electron chi connectivity index (χ0n) is 15.0. The number of hydrogen-bond acceptors (Lipinski definition) is 2. The van der Waals surface area contributed by atoms with Crippen LogP contribution in [-0.4, -0.2) is 23.9 Å². The van der Waals surface area contributed by atoms with Gasteiger partial charge in [0.15, 0.2) is 0 Å². The number of benzene rings is 2. The van der Waals surface area contributed by atoms with E-state index >= 15 is 0 Å². The second kappa shape index (κ2) is 8.30. The Bertz CT molecular complexity index is 671. The Labute approximate surface area is 150 Å². The zero-order chi connectivity index (χ0) is 17.6. The van der Waals surface area contributed by atoms with Crippen molar-refractivity contribution in [3.05, 3.63) is 71.8 Å². The number of rotatable bonds is 5. The Hall–Kier alpha value is -2.13. The largest absolute Gasteiger partial charge is 0.342 e. The van der Waals surface area contributed by atoms with E-state index in [9.17, 15) is 4.79 Å². The predicted molar refractivity (Wildman–Crippen MR) is 102 cm³/mol. The summed E-state index contributed by atoms with van der Waals surface area (Å²) in [4.78, 5) is 14.8. The van der Waals surface area contributed by atoms with Crippen LogP contribution in [0.5, 0.6) is 0 Å². The quantitative estimate of drug-likeness (QED) is 0.893. The summed E-state index contributed by atoms with van der Waals surface area (Å²) in [7, 11) is 0. The van der Waals surface area contributed by atoms with Crippen LogP contribution in [0.25, 0.3) is 0 Å². The molecule has 1 aliphatic heterocycles. The van der Waals surface area contributed by atoms with Crippen LogP contribution in [0.15, 0.2) is 60.7 Å². The van der Waals surface area contributed by atoms with Gasteiger partial charge >= 0.3 is 0 Å². The van der Waals surface area contributed by atoms with Crippen molar-refractivity contribution < 1.29 is 4.79 Å². The van der Waals surface area contributed by atoms with Crippen molar-refractivity contribution in [3.63, 3.8) is 0 Å². The van der Waals surface area contributed by atoms with Gasteiger partial charge in [0, 0.05) is 25.6 Å². The third-order valence-corrected chi connectivity index (χ3v) is 5.46. The molecule has 0 radical (unpaired) electrons. The van der Waals surface area contributed by atoms with Gasteiger partial charge in [-0.15, -0.1) is 0 Å². The van der Waals surface area contributed by atoms with E-state index in [2.05, 4.69) is 37.3 Å². The highest BCUT2D eigenvalue weighted by Crippen LogP contribution is 2.35. The molecule has 2 N–H and O–H groups in total. The molecule has 0 aromatic heterocycles. The highest BCUT2D eigenvalue weighted by atomic mass is 16.2. The molecule has 0 aliphatic carbocycles. The fourth-order valence-corrected chi connectivity index (χ4v) is 3.95. The predicted octanol–water partition coefficient (Wildman–Crippen LogP) is 4.12. The molecule has 132 valence electrons. The highest BCUT2D eigenvalue weighted by Gasteiger charge is 2.31. The Balaban J connectivity index is 1.62. The van der Waals surface area contributed by atoms with E-state index in [0.717, 1.165) is 31.5 Å². The van der Waals surface area contributed by atoms with Gasteiger partial charge in [0.25, 0.3) is 0 Å². The van der Waals surface area contributed by atoms with Gasteiger partial charge in [0.2, 0.25) is 5.91 Å². The minimum Gasteiger partial charge on any atom is -0.342 e. The van der Waals surface area contributed by atoms with Crippen LogP contribution in [0.1, 0.15) is 49.3 Å². The van der Waals surface area contributed by atoms with E-state index in [1.807, 2.05) is 35.2 Å². The monoisotopic (exact) mass is 336 g/mol. The molecule has 1 heterocycles. The van der Waals surface area contributed by atoms with E-state index in [0.29, 0.717) is 18.3 Å². The first-order chi connectivity index (χ1) is 12.2. The lowest BCUT2D eigenvalue weighted by molar-refractivity contribution is -0.133. The number of hydrogen-bond donors (Lipinski definition) is 1. The standard InChI is InChI=1S/C22H28N2O/c1-2-17-16-24(14-13-20(17)18-9-5-3-6-10-18)22(25)15-21(23)19-11-7-4-8-12-19/h3-12,17,20-21H,2,13-16,23H2,1H3. The van der Waals surface area contributed by atoms with Crippen molar-refractivity contribution in [2.45, 2.75) is 38.1 Å². The highest BCUT2D eigenvalue weighted by molar-refractivity contribution is 5.77. The Kier molecular flexibility index (Phi) is 5.87. The van der Waals surface area contributed by atoms with Crippen molar-refractivity contribution in [1.29, 1.82) is 0 Å². The molecule has 3 atom stereocenters. The van der Waals surface area contributed by atoms with Gasteiger partial charge in [-0.2, -0.15) is 0 Å². The fourth-order valence-electron chi connectivity index (χ4n) is 3.95. The van der Waals surface area contributed by atoms with E-state index in [4.69, 9.17) is 5.73 Å². The molecule has 3 nitrogen and oxygen atoms in total. The lowest BCUT2D eigenvalue weighted by Gasteiger charge is -2.39. The van der Waals surface area contributed by atoms with Gasteiger partial charge in [-0.1, -0.05) is 74.0 Å². The van der Waals surface area contributed by atoms with Crippen LogP contribution in [0.4, 0.5) is 0 Å². The van der Waals surface area contributed by atoms with Gasteiger partial charge < -0.3 is 10.6 Å². The molecule has 1 saturated heterocycles. The van der Waals surface area contributed by atoms with Crippen LogP contribution in [0.2, 0.25) is 0 Å². The molecule has 0 saturated carbocycles. The number of carbonyl (C=O) groups excluding carboxylic acids is 1. The fraction of sp³-hybridized carbons (Fsp3) is 0.409. The van der Waals surface area contributed by atoms with Gasteiger partial charge in [-0.05, 0) is 29.4 Å². The summed E-state index contributed by atoms with van der Waals surface area (Å²) in [6.07, 6.45) is 2.51. The molecule has 2 aromatic rings. The first-order valence-electron chi connectivity index (χ1n) is 9.32. The third kappa shape index (κ3) is 4.29. The van der Waals surface area contributed by atoms with Crippen molar-refractivity contribution in [2.75, 3.05) is 13.1 Å². The summed E-state index contributed by atoms with van der Waals surface area (Å²) in [5.41, 5.74) is 8.68. The maximum atomic E-state index is 12.7. The minimum absolute atomic E-state index is 0.182. The van der Waals surface area contributed by atoms with Crippen molar-refractivity contribution in [1.82, 2.24) is 4.90 Å². The van der Waals surface area contributed by atoms with E-state index in [-0.39, 0.29) is 11.9 Å². The summed E-state index contributed by atoms with van der Waals surface area (Å²) in [5, 5.41) is 0. The lowest BCUT2D eigenvalue weighted by atomic mass is 9.79. The van der Waals surface area contributed by atoms with E-state index in [1.54, 1.807) is 0 Å². The molecule has 25 heavy (non-hydrogen) atoms. The third-order valence-electron chi connectivity index (χ3n) is 5.46. The van der Waals surface area contributed by atoms with Crippen molar-refractivity contribution >= 4 is 5.91 Å². The summed E-state index contributed by atoms with van der Waals surface area (Å²) in [6, 6.07) is 20.4. The molecule has 1 amide bonds. The van der Waals surface area contributed by atoms with Crippen LogP contribution >= 0.6 is 0 Å². The molecule has 2 aromatic carbocycles. The average Bonchev–Trinajstić information content (AvgIpc) is 2.68. The summed E-state index contributed by atoms with van der Waals surface area (Å²) in [6.45, 7) is 3.90. The molecular weight excluding hydrogens is 308 g/mol. The van der Waals surface area contributed by atoms with Gasteiger partial charge in [0.1, 0.15) is 0 Å². The van der Waals surface area contributed by atoms with Gasteiger partial charge in [-0.25, -0.2) is 0 Å². The van der Waals surface area contributed by atoms with E-state index < -0.39 is 0 Å². The molecule has 1 aliphatic rings. The number of carbonyl (C=O) groups is 1. The Morgan fingerprint density at radius 2 is 1.76 bits per heavy atom. The number of likely N-dealkylation sites (tertiary alicyclic amines) is 1. The molecule has 3 rings (SSSR count). The summed E-state index contributed by atoms with van der Waals surface area (Å²) >= 11 is 0. The van der Waals surface area contributed by atoms with Crippen LogP contribution in [-0.2, 0) is 4.79 Å². The van der Waals surface area contributed by atoms with Crippen LogP contribution in [0.3, 0.4) is 0 Å². The summed E-state index contributed by atoms with van der Waals surface area (Å²) < 4.78 is 0. The SMILES string of the molecule is CCC1CN(C(=O)CC(N)c2ccccc2)CCC1c1ccccc1. The zero-order valence-corrected chi connectivity index (χ0v) is 15.0. The average molecular weight is 336 g/mol. The Morgan fingerprint density at radius 3 is 2.40 bits per heavy atom. The number of piperidine rings is 1. The van der Waals surface area contributed by atoms with Crippen molar-refractivity contribution in [3.8, 4) is 0 Å². The first kappa shape index (κ1) is 17.7. The molecule has 3 unspecified atom stereocenters. The number of nitrogens with zero attached hydrogens (tertiary/aromatic N) is 1. The normalized spacial score (nSPS) is 21.8. The van der Waals surface area contributed by atoms with Crippen LogP contribution < -0.4 is 5.73 Å². The Morgan fingerprint density at radius 1 is 1.12 bits per heavy atom. The molecule has 3 heteroatoms.